The van der Waals surface area contributed by atoms with E-state index in [9.17, 15) is 4.79 Å². The Bertz CT molecular complexity index is 537. The molecule has 2 aromatic heterocycles. The molecular formula is C9H11N5O. The van der Waals surface area contributed by atoms with Gasteiger partial charge in [-0.15, -0.1) is 0 Å². The molecule has 1 aliphatic heterocycles. The minimum absolute atomic E-state index is 0.0980. The molecule has 2 N–H and O–H groups in total. The Morgan fingerprint density at radius 2 is 2.47 bits per heavy atom. The quantitative estimate of drug-likeness (QED) is 0.667. The van der Waals surface area contributed by atoms with Crippen LogP contribution in [0.3, 0.4) is 0 Å². The molecule has 6 nitrogen and oxygen atoms in total. The molecule has 1 aliphatic rings. The predicted molar refractivity (Wildman–Crippen MR) is 54.7 cm³/mol. The van der Waals surface area contributed by atoms with Crippen LogP contribution in [0.15, 0.2) is 17.3 Å². The third-order valence-electron chi connectivity index (χ3n) is 2.78. The van der Waals surface area contributed by atoms with E-state index in [1.54, 1.807) is 10.8 Å². The lowest BCUT2D eigenvalue weighted by molar-refractivity contribution is 0.542. The normalized spacial score (nSPS) is 21.2. The Kier molecular flexibility index (Phi) is 1.81. The van der Waals surface area contributed by atoms with Crippen molar-refractivity contribution in [3.05, 3.63) is 23.0 Å². The summed E-state index contributed by atoms with van der Waals surface area (Å²) in [6.45, 7) is 1.78. The molecule has 1 fully saturated rings. The van der Waals surface area contributed by atoms with Gasteiger partial charge in [0.05, 0.1) is 12.2 Å². The number of hydrogen-bond acceptors (Lipinski definition) is 4. The van der Waals surface area contributed by atoms with Crippen molar-refractivity contribution >= 4 is 11.2 Å². The van der Waals surface area contributed by atoms with E-state index in [1.165, 1.54) is 6.33 Å². The molecule has 0 radical (unpaired) electrons. The van der Waals surface area contributed by atoms with Crippen LogP contribution in [0.25, 0.3) is 11.2 Å². The van der Waals surface area contributed by atoms with Gasteiger partial charge in [0, 0.05) is 6.54 Å². The van der Waals surface area contributed by atoms with Crippen LogP contribution in [0.2, 0.25) is 0 Å². The van der Waals surface area contributed by atoms with Crippen LogP contribution in [-0.4, -0.2) is 32.6 Å². The lowest BCUT2D eigenvalue weighted by Gasteiger charge is -2.08. The van der Waals surface area contributed by atoms with Gasteiger partial charge in [0.2, 0.25) is 0 Å². The molecule has 3 heterocycles. The zero-order valence-corrected chi connectivity index (χ0v) is 8.10. The fourth-order valence-corrected chi connectivity index (χ4v) is 2.07. The smallest absolute Gasteiger partial charge is 0.315 e. The van der Waals surface area contributed by atoms with Crippen molar-refractivity contribution in [3.63, 3.8) is 0 Å². The first-order valence-corrected chi connectivity index (χ1v) is 4.97. The molecule has 15 heavy (non-hydrogen) atoms. The van der Waals surface area contributed by atoms with Gasteiger partial charge in [-0.3, -0.25) is 4.57 Å². The van der Waals surface area contributed by atoms with Gasteiger partial charge in [-0.2, -0.15) is 0 Å². The molecule has 6 heteroatoms. The number of hydrogen-bond donors (Lipinski definition) is 2. The number of imidazole rings is 1. The van der Waals surface area contributed by atoms with E-state index in [2.05, 4.69) is 20.3 Å². The molecule has 0 aromatic carbocycles. The first-order valence-electron chi connectivity index (χ1n) is 4.97. The molecule has 0 amide bonds. The molecule has 0 aliphatic carbocycles. The van der Waals surface area contributed by atoms with Crippen LogP contribution in [0, 0.1) is 0 Å². The first kappa shape index (κ1) is 8.60. The Balaban J connectivity index is 2.23. The Morgan fingerprint density at radius 1 is 1.53 bits per heavy atom. The molecule has 0 unspecified atom stereocenters. The van der Waals surface area contributed by atoms with Crippen molar-refractivity contribution in [3.8, 4) is 0 Å². The van der Waals surface area contributed by atoms with Gasteiger partial charge in [-0.05, 0) is 13.0 Å². The van der Waals surface area contributed by atoms with Crippen LogP contribution in [0.1, 0.15) is 12.5 Å². The Hall–Kier alpha value is -1.69. The van der Waals surface area contributed by atoms with Crippen LogP contribution >= 0.6 is 0 Å². The summed E-state index contributed by atoms with van der Waals surface area (Å²) in [7, 11) is 0. The average molecular weight is 205 g/mol. The molecule has 2 aromatic rings. The summed E-state index contributed by atoms with van der Waals surface area (Å²) in [5, 5.41) is 3.24. The van der Waals surface area contributed by atoms with Gasteiger partial charge in [0.1, 0.15) is 11.8 Å². The molecule has 0 saturated carbocycles. The van der Waals surface area contributed by atoms with Crippen molar-refractivity contribution in [1.82, 2.24) is 24.8 Å². The maximum atomic E-state index is 11.7. The lowest BCUT2D eigenvalue weighted by atomic mass is 10.2. The topological polar surface area (TPSA) is 75.6 Å². The summed E-state index contributed by atoms with van der Waals surface area (Å²) in [4.78, 5) is 22.5. The monoisotopic (exact) mass is 205 g/mol. The van der Waals surface area contributed by atoms with Crippen molar-refractivity contribution in [2.45, 2.75) is 12.5 Å². The fourth-order valence-electron chi connectivity index (χ4n) is 2.07. The van der Waals surface area contributed by atoms with E-state index in [4.69, 9.17) is 0 Å². The van der Waals surface area contributed by atoms with E-state index in [0.717, 1.165) is 19.5 Å². The van der Waals surface area contributed by atoms with Crippen LogP contribution < -0.4 is 11.0 Å². The second kappa shape index (κ2) is 3.16. The molecule has 78 valence electrons. The van der Waals surface area contributed by atoms with Gasteiger partial charge in [-0.1, -0.05) is 0 Å². The number of rotatable bonds is 1. The maximum Gasteiger partial charge on any atom is 0.328 e. The van der Waals surface area contributed by atoms with Gasteiger partial charge >= 0.3 is 5.69 Å². The molecule has 0 spiro atoms. The van der Waals surface area contributed by atoms with E-state index in [1.807, 2.05) is 0 Å². The zero-order chi connectivity index (χ0) is 10.3. The van der Waals surface area contributed by atoms with Crippen molar-refractivity contribution in [2.75, 3.05) is 13.1 Å². The van der Waals surface area contributed by atoms with E-state index >= 15 is 0 Å². The number of nitrogens with zero attached hydrogens (tertiary/aromatic N) is 3. The fraction of sp³-hybridized carbons (Fsp3) is 0.444. The van der Waals surface area contributed by atoms with Crippen molar-refractivity contribution in [1.29, 1.82) is 0 Å². The number of fused-ring (bicyclic) bond motifs is 1. The van der Waals surface area contributed by atoms with Crippen LogP contribution in [0.5, 0.6) is 0 Å². The lowest BCUT2D eigenvalue weighted by Crippen LogP contribution is -2.24. The average Bonchev–Trinajstić information content (AvgIpc) is 2.82. The summed E-state index contributed by atoms with van der Waals surface area (Å²) in [5.74, 6) is 0. The summed E-state index contributed by atoms with van der Waals surface area (Å²) in [6.07, 6.45) is 4.06. The summed E-state index contributed by atoms with van der Waals surface area (Å²) >= 11 is 0. The van der Waals surface area contributed by atoms with Crippen molar-refractivity contribution in [2.24, 2.45) is 0 Å². The number of aromatic nitrogens is 4. The number of aromatic amines is 1. The van der Waals surface area contributed by atoms with Gasteiger partial charge in [0.15, 0.2) is 5.65 Å². The van der Waals surface area contributed by atoms with Crippen molar-refractivity contribution < 1.29 is 0 Å². The third kappa shape index (κ3) is 1.25. The van der Waals surface area contributed by atoms with E-state index in [0.29, 0.717) is 11.2 Å². The second-order valence-electron chi connectivity index (χ2n) is 3.71. The number of H-pyrrole nitrogens is 1. The minimum Gasteiger partial charge on any atom is -0.315 e. The molecule has 1 saturated heterocycles. The summed E-state index contributed by atoms with van der Waals surface area (Å²) in [6, 6.07) is 0.209. The summed E-state index contributed by atoms with van der Waals surface area (Å²) < 4.78 is 1.72. The van der Waals surface area contributed by atoms with E-state index in [-0.39, 0.29) is 11.7 Å². The number of nitrogens with one attached hydrogen (secondary N) is 2. The van der Waals surface area contributed by atoms with Gasteiger partial charge in [0.25, 0.3) is 0 Å². The highest BCUT2D eigenvalue weighted by atomic mass is 16.1. The minimum atomic E-state index is -0.0980. The summed E-state index contributed by atoms with van der Waals surface area (Å²) in [5.41, 5.74) is 1.30. The van der Waals surface area contributed by atoms with Gasteiger partial charge in [-0.25, -0.2) is 14.8 Å². The maximum absolute atomic E-state index is 11.7. The molecular weight excluding hydrogens is 194 g/mol. The highest BCUT2D eigenvalue weighted by molar-refractivity contribution is 5.69. The second-order valence-corrected chi connectivity index (χ2v) is 3.71. The molecule has 3 rings (SSSR count). The van der Waals surface area contributed by atoms with Gasteiger partial charge < -0.3 is 10.3 Å². The van der Waals surface area contributed by atoms with Crippen LogP contribution in [-0.2, 0) is 0 Å². The Morgan fingerprint density at radius 3 is 3.27 bits per heavy atom. The Labute approximate surface area is 85.4 Å². The first-order chi connectivity index (χ1) is 7.36. The predicted octanol–water partition coefficient (Wildman–Crippen LogP) is -0.346. The standard InChI is InChI=1S/C9H11N5O/c15-9-13-7-4-11-5-12-8(7)14(9)6-1-2-10-3-6/h4-6,10H,1-3H2,(H,13,15)/t6-/m1/s1. The molecule has 1 atom stereocenters. The highest BCUT2D eigenvalue weighted by Gasteiger charge is 2.21. The third-order valence-corrected chi connectivity index (χ3v) is 2.78. The SMILES string of the molecule is O=c1[nH]c2cncnc2n1[C@@H]1CCNC1. The largest absolute Gasteiger partial charge is 0.328 e. The van der Waals surface area contributed by atoms with Crippen LogP contribution in [0.4, 0.5) is 0 Å². The highest BCUT2D eigenvalue weighted by Crippen LogP contribution is 2.16. The molecule has 0 bridgehead atoms. The van der Waals surface area contributed by atoms with E-state index < -0.39 is 0 Å². The zero-order valence-electron chi connectivity index (χ0n) is 8.10.